The van der Waals surface area contributed by atoms with Gasteiger partial charge in [0.2, 0.25) is 5.91 Å². The van der Waals surface area contributed by atoms with Crippen molar-refractivity contribution in [1.82, 2.24) is 4.90 Å². The van der Waals surface area contributed by atoms with Gasteiger partial charge >= 0.3 is 0 Å². The summed E-state index contributed by atoms with van der Waals surface area (Å²) in [6.45, 7) is 5.07. The average molecular weight is 236 g/mol. The van der Waals surface area contributed by atoms with E-state index in [1.54, 1.807) is 6.26 Å². The van der Waals surface area contributed by atoms with Crippen molar-refractivity contribution in [3.63, 3.8) is 0 Å². The van der Waals surface area contributed by atoms with Gasteiger partial charge in [0.05, 0.1) is 6.26 Å². The standard InChI is InChI=1S/C13H20N2O2/c1-9(2)5-6-15-12(16)8-10(14)13(15)11-4-3-7-17-11/h3-4,7,9-10,13H,5-6,8,14H2,1-2H3. The average Bonchev–Trinajstić information content (AvgIpc) is 2.83. The smallest absolute Gasteiger partial charge is 0.224 e. The van der Waals surface area contributed by atoms with Crippen LogP contribution in [0, 0.1) is 5.92 Å². The van der Waals surface area contributed by atoms with Crippen molar-refractivity contribution in [2.75, 3.05) is 6.54 Å². The maximum Gasteiger partial charge on any atom is 0.224 e. The molecule has 0 aliphatic carbocycles. The Morgan fingerprint density at radius 3 is 2.94 bits per heavy atom. The van der Waals surface area contributed by atoms with E-state index in [-0.39, 0.29) is 18.0 Å². The van der Waals surface area contributed by atoms with Gasteiger partial charge in [-0.2, -0.15) is 0 Å². The van der Waals surface area contributed by atoms with Crippen molar-refractivity contribution in [3.05, 3.63) is 24.2 Å². The van der Waals surface area contributed by atoms with Gasteiger partial charge in [-0.25, -0.2) is 0 Å². The maximum absolute atomic E-state index is 11.9. The fourth-order valence-electron chi connectivity index (χ4n) is 2.30. The first kappa shape index (κ1) is 12.2. The summed E-state index contributed by atoms with van der Waals surface area (Å²) >= 11 is 0. The first-order valence-electron chi connectivity index (χ1n) is 6.18. The molecular formula is C13H20N2O2. The van der Waals surface area contributed by atoms with Gasteiger partial charge in [-0.1, -0.05) is 13.8 Å². The van der Waals surface area contributed by atoms with Crippen LogP contribution >= 0.6 is 0 Å². The van der Waals surface area contributed by atoms with Gasteiger partial charge in [-0.3, -0.25) is 4.79 Å². The quantitative estimate of drug-likeness (QED) is 0.869. The highest BCUT2D eigenvalue weighted by atomic mass is 16.3. The molecule has 0 saturated carbocycles. The summed E-state index contributed by atoms with van der Waals surface area (Å²) in [4.78, 5) is 13.8. The summed E-state index contributed by atoms with van der Waals surface area (Å²) < 4.78 is 5.40. The molecular weight excluding hydrogens is 216 g/mol. The van der Waals surface area contributed by atoms with Gasteiger partial charge in [0.1, 0.15) is 11.8 Å². The molecule has 1 aromatic rings. The molecule has 1 aliphatic rings. The molecule has 4 nitrogen and oxygen atoms in total. The Morgan fingerprint density at radius 2 is 2.35 bits per heavy atom. The number of nitrogens with two attached hydrogens (primary N) is 1. The van der Waals surface area contributed by atoms with E-state index in [1.165, 1.54) is 0 Å². The Hall–Kier alpha value is -1.29. The van der Waals surface area contributed by atoms with Crippen LogP contribution in [-0.4, -0.2) is 23.4 Å². The number of carbonyl (C=O) groups excluding carboxylic acids is 1. The second-order valence-corrected chi connectivity index (χ2v) is 5.10. The molecule has 1 aliphatic heterocycles. The van der Waals surface area contributed by atoms with E-state index in [0.29, 0.717) is 12.3 Å². The predicted octanol–water partition coefficient (Wildman–Crippen LogP) is 1.93. The molecule has 0 radical (unpaired) electrons. The van der Waals surface area contributed by atoms with E-state index < -0.39 is 0 Å². The minimum absolute atomic E-state index is 0.0868. The van der Waals surface area contributed by atoms with Gasteiger partial charge < -0.3 is 15.1 Å². The third-order valence-corrected chi connectivity index (χ3v) is 3.25. The zero-order valence-corrected chi connectivity index (χ0v) is 10.4. The van der Waals surface area contributed by atoms with Crippen LogP contribution in [-0.2, 0) is 4.79 Å². The predicted molar refractivity (Wildman–Crippen MR) is 65.2 cm³/mol. The number of hydrogen-bond donors (Lipinski definition) is 1. The number of furan rings is 1. The summed E-state index contributed by atoms with van der Waals surface area (Å²) in [5.74, 6) is 1.52. The zero-order chi connectivity index (χ0) is 12.4. The van der Waals surface area contributed by atoms with E-state index in [1.807, 2.05) is 17.0 Å². The van der Waals surface area contributed by atoms with Crippen LogP contribution in [0.2, 0.25) is 0 Å². The Labute approximate surface area is 102 Å². The molecule has 1 saturated heterocycles. The zero-order valence-electron chi connectivity index (χ0n) is 10.4. The fraction of sp³-hybridized carbons (Fsp3) is 0.615. The van der Waals surface area contributed by atoms with Crippen LogP contribution in [0.1, 0.15) is 38.5 Å². The lowest BCUT2D eigenvalue weighted by Gasteiger charge is -2.25. The van der Waals surface area contributed by atoms with Gasteiger partial charge in [0.25, 0.3) is 0 Å². The van der Waals surface area contributed by atoms with Crippen molar-refractivity contribution in [1.29, 1.82) is 0 Å². The topological polar surface area (TPSA) is 59.5 Å². The normalized spacial score (nSPS) is 24.9. The molecule has 1 aromatic heterocycles. The number of nitrogens with zero attached hydrogens (tertiary/aromatic N) is 1. The summed E-state index contributed by atoms with van der Waals surface area (Å²) in [7, 11) is 0. The molecule has 2 rings (SSSR count). The maximum atomic E-state index is 11.9. The monoisotopic (exact) mass is 236 g/mol. The molecule has 2 N–H and O–H groups in total. The minimum Gasteiger partial charge on any atom is -0.467 e. The van der Waals surface area contributed by atoms with Crippen LogP contribution in [0.5, 0.6) is 0 Å². The van der Waals surface area contributed by atoms with Crippen LogP contribution in [0.4, 0.5) is 0 Å². The summed E-state index contributed by atoms with van der Waals surface area (Å²) in [5, 5.41) is 0. The van der Waals surface area contributed by atoms with Crippen LogP contribution < -0.4 is 5.73 Å². The van der Waals surface area contributed by atoms with Gasteiger partial charge in [-0.15, -0.1) is 0 Å². The summed E-state index contributed by atoms with van der Waals surface area (Å²) in [6, 6.07) is 3.49. The number of carbonyl (C=O) groups is 1. The van der Waals surface area contributed by atoms with Gasteiger partial charge in [-0.05, 0) is 24.5 Å². The lowest BCUT2D eigenvalue weighted by Crippen LogP contribution is -2.34. The number of amides is 1. The molecule has 2 unspecified atom stereocenters. The van der Waals surface area contributed by atoms with Crippen molar-refractivity contribution in [2.24, 2.45) is 11.7 Å². The molecule has 1 amide bonds. The molecule has 94 valence electrons. The number of likely N-dealkylation sites (tertiary alicyclic amines) is 1. The molecule has 0 aromatic carbocycles. The lowest BCUT2D eigenvalue weighted by atomic mass is 10.1. The summed E-state index contributed by atoms with van der Waals surface area (Å²) in [6.07, 6.45) is 3.05. The van der Waals surface area contributed by atoms with Crippen molar-refractivity contribution >= 4 is 5.91 Å². The highest BCUT2D eigenvalue weighted by Crippen LogP contribution is 2.32. The van der Waals surface area contributed by atoms with Crippen LogP contribution in [0.25, 0.3) is 0 Å². The number of rotatable bonds is 4. The molecule has 1 fully saturated rings. The van der Waals surface area contributed by atoms with E-state index >= 15 is 0 Å². The molecule has 2 atom stereocenters. The Bertz CT molecular complexity index is 373. The molecule has 0 spiro atoms. The molecule has 17 heavy (non-hydrogen) atoms. The van der Waals surface area contributed by atoms with Crippen LogP contribution in [0.3, 0.4) is 0 Å². The van der Waals surface area contributed by atoms with E-state index in [9.17, 15) is 4.79 Å². The second kappa shape index (κ2) is 4.92. The highest BCUT2D eigenvalue weighted by molar-refractivity contribution is 5.80. The molecule has 0 bridgehead atoms. The van der Waals surface area contributed by atoms with Gasteiger partial charge in [0.15, 0.2) is 0 Å². The SMILES string of the molecule is CC(C)CCN1C(=O)CC(N)C1c1ccco1. The Morgan fingerprint density at radius 1 is 1.59 bits per heavy atom. The first-order chi connectivity index (χ1) is 8.09. The molecule has 4 heteroatoms. The van der Waals surface area contributed by atoms with E-state index in [4.69, 9.17) is 10.2 Å². The Balaban J connectivity index is 2.13. The number of hydrogen-bond acceptors (Lipinski definition) is 3. The van der Waals surface area contributed by atoms with Crippen molar-refractivity contribution < 1.29 is 9.21 Å². The van der Waals surface area contributed by atoms with Gasteiger partial charge in [0, 0.05) is 19.0 Å². The molecule has 2 heterocycles. The van der Waals surface area contributed by atoms with E-state index in [0.717, 1.165) is 18.7 Å². The van der Waals surface area contributed by atoms with Crippen molar-refractivity contribution in [3.8, 4) is 0 Å². The first-order valence-corrected chi connectivity index (χ1v) is 6.18. The largest absolute Gasteiger partial charge is 0.467 e. The highest BCUT2D eigenvalue weighted by Gasteiger charge is 2.39. The third-order valence-electron chi connectivity index (χ3n) is 3.25. The van der Waals surface area contributed by atoms with Crippen LogP contribution in [0.15, 0.2) is 22.8 Å². The Kier molecular flexibility index (Phi) is 3.52. The minimum atomic E-state index is -0.152. The summed E-state index contributed by atoms with van der Waals surface area (Å²) in [5.41, 5.74) is 6.03. The fourth-order valence-corrected chi connectivity index (χ4v) is 2.30. The van der Waals surface area contributed by atoms with E-state index in [2.05, 4.69) is 13.8 Å². The second-order valence-electron chi connectivity index (χ2n) is 5.10. The van der Waals surface area contributed by atoms with Crippen molar-refractivity contribution in [2.45, 2.75) is 38.8 Å². The lowest BCUT2D eigenvalue weighted by molar-refractivity contribution is -0.129. The third kappa shape index (κ3) is 2.52.